The second kappa shape index (κ2) is 6.48. The van der Waals surface area contributed by atoms with E-state index in [1.54, 1.807) is 12.1 Å². The van der Waals surface area contributed by atoms with Crippen LogP contribution in [0.25, 0.3) is 16.5 Å². The summed E-state index contributed by atoms with van der Waals surface area (Å²) in [7, 11) is 0. The topological polar surface area (TPSA) is 103 Å². The van der Waals surface area contributed by atoms with E-state index in [4.69, 9.17) is 11.5 Å². The summed E-state index contributed by atoms with van der Waals surface area (Å²) in [5.74, 6) is -0.905. The lowest BCUT2D eigenvalue weighted by Crippen LogP contribution is -2.25. The molecule has 3 aromatic rings. The summed E-state index contributed by atoms with van der Waals surface area (Å²) < 4.78 is 1.46. The van der Waals surface area contributed by atoms with Gasteiger partial charge in [-0.2, -0.15) is 4.99 Å². The predicted octanol–water partition coefficient (Wildman–Crippen LogP) is 2.33. The average Bonchev–Trinajstić information content (AvgIpc) is 2.57. The maximum Gasteiger partial charge on any atom is 0.282 e. The monoisotopic (exact) mass is 348 g/mol. The van der Waals surface area contributed by atoms with Crippen LogP contribution in [0.2, 0.25) is 0 Å². The Balaban J connectivity index is 2.38. The van der Waals surface area contributed by atoms with E-state index < -0.39 is 5.91 Å². The lowest BCUT2D eigenvalue weighted by Gasteiger charge is -2.12. The van der Waals surface area contributed by atoms with Crippen LogP contribution in [0.5, 0.6) is 0 Å². The van der Waals surface area contributed by atoms with Gasteiger partial charge in [0.05, 0.1) is 5.56 Å². The number of benzene rings is 2. The molecule has 0 aliphatic heterocycles. The third kappa shape index (κ3) is 3.09. The van der Waals surface area contributed by atoms with E-state index in [0.717, 1.165) is 16.7 Å². The van der Waals surface area contributed by atoms with Crippen LogP contribution in [0.15, 0.2) is 52.4 Å². The molecule has 1 aromatic heterocycles. The molecule has 0 spiro atoms. The summed E-state index contributed by atoms with van der Waals surface area (Å²) in [4.78, 5) is 29.2. The number of guanidine groups is 1. The Morgan fingerprint density at radius 3 is 2.35 bits per heavy atom. The number of fused-ring (bicyclic) bond motifs is 1. The lowest BCUT2D eigenvalue weighted by molar-refractivity contribution is 0.100. The van der Waals surface area contributed by atoms with Crippen LogP contribution in [0.1, 0.15) is 27.0 Å². The number of carbonyl (C=O) groups excluding carboxylic acids is 1. The third-order valence-corrected chi connectivity index (χ3v) is 4.40. The minimum absolute atomic E-state index is 0.204. The van der Waals surface area contributed by atoms with Crippen LogP contribution in [0.4, 0.5) is 0 Å². The van der Waals surface area contributed by atoms with E-state index in [1.807, 2.05) is 45.0 Å². The van der Waals surface area contributed by atoms with Crippen molar-refractivity contribution in [3.8, 4) is 5.69 Å². The molecule has 0 fully saturated rings. The molecule has 0 aliphatic rings. The normalized spacial score (nSPS) is 10.7. The Morgan fingerprint density at radius 2 is 1.69 bits per heavy atom. The maximum absolute atomic E-state index is 13.0. The first-order chi connectivity index (χ1) is 12.3. The first-order valence-electron chi connectivity index (χ1n) is 8.15. The number of rotatable bonds is 2. The Morgan fingerprint density at radius 1 is 0.962 bits per heavy atom. The fraction of sp³-hybridized carbons (Fsp3) is 0.150. The van der Waals surface area contributed by atoms with Gasteiger partial charge in [-0.25, -0.2) is 0 Å². The van der Waals surface area contributed by atoms with Crippen molar-refractivity contribution in [3.63, 3.8) is 0 Å². The van der Waals surface area contributed by atoms with E-state index in [1.165, 1.54) is 10.8 Å². The molecule has 6 nitrogen and oxygen atoms in total. The highest BCUT2D eigenvalue weighted by molar-refractivity contribution is 6.10. The molecule has 0 unspecified atom stereocenters. The summed E-state index contributed by atoms with van der Waals surface area (Å²) in [6.45, 7) is 5.86. The fourth-order valence-corrected chi connectivity index (χ4v) is 2.87. The molecule has 0 aliphatic carbocycles. The van der Waals surface area contributed by atoms with Gasteiger partial charge < -0.3 is 11.5 Å². The van der Waals surface area contributed by atoms with Crippen molar-refractivity contribution in [2.24, 2.45) is 16.5 Å². The molecule has 1 heterocycles. The summed E-state index contributed by atoms with van der Waals surface area (Å²) >= 11 is 0. The number of nitrogens with zero attached hydrogens (tertiary/aromatic N) is 2. The number of aryl methyl sites for hydroxylation is 3. The van der Waals surface area contributed by atoms with Crippen molar-refractivity contribution in [2.75, 3.05) is 0 Å². The van der Waals surface area contributed by atoms with Crippen molar-refractivity contribution in [2.45, 2.75) is 20.8 Å². The van der Waals surface area contributed by atoms with Crippen LogP contribution in [-0.2, 0) is 0 Å². The van der Waals surface area contributed by atoms with Crippen LogP contribution < -0.4 is 17.0 Å². The molecule has 4 N–H and O–H groups in total. The van der Waals surface area contributed by atoms with E-state index in [2.05, 4.69) is 4.99 Å². The Hall–Kier alpha value is -3.41. The van der Waals surface area contributed by atoms with Crippen molar-refractivity contribution in [3.05, 3.63) is 75.2 Å². The standard InChI is InChI=1S/C20H20N4O2/c1-11-4-7-15-16(8-11)17(18(25)23-20(21)22)10-24(19(15)26)14-6-5-12(2)13(3)9-14/h4-10H,1-3H3,(H4,21,22,23,25). The molecule has 1 amide bonds. The van der Waals surface area contributed by atoms with E-state index >= 15 is 0 Å². The third-order valence-electron chi connectivity index (χ3n) is 4.40. The molecule has 26 heavy (non-hydrogen) atoms. The van der Waals surface area contributed by atoms with Gasteiger partial charge in [-0.1, -0.05) is 23.8 Å². The van der Waals surface area contributed by atoms with Crippen LogP contribution in [0.3, 0.4) is 0 Å². The number of nitrogens with two attached hydrogens (primary N) is 2. The number of hydrogen-bond donors (Lipinski definition) is 2. The number of carbonyl (C=O) groups is 1. The number of amides is 1. The van der Waals surface area contributed by atoms with Crippen molar-refractivity contribution >= 4 is 22.6 Å². The second-order valence-electron chi connectivity index (χ2n) is 6.38. The minimum atomic E-state index is -0.585. The van der Waals surface area contributed by atoms with Gasteiger partial charge in [-0.15, -0.1) is 0 Å². The summed E-state index contributed by atoms with van der Waals surface area (Å²) in [5.41, 5.74) is 14.6. The molecule has 0 bridgehead atoms. The summed E-state index contributed by atoms with van der Waals surface area (Å²) in [5, 5.41) is 0.968. The van der Waals surface area contributed by atoms with Gasteiger partial charge in [-0.3, -0.25) is 14.2 Å². The molecule has 0 saturated heterocycles. The lowest BCUT2D eigenvalue weighted by atomic mass is 10.0. The Bertz CT molecular complexity index is 1120. The first-order valence-corrected chi connectivity index (χ1v) is 8.15. The molecule has 0 atom stereocenters. The zero-order valence-electron chi connectivity index (χ0n) is 14.9. The highest BCUT2D eigenvalue weighted by Crippen LogP contribution is 2.21. The zero-order chi connectivity index (χ0) is 19.0. The minimum Gasteiger partial charge on any atom is -0.370 e. The Kier molecular flexibility index (Phi) is 4.34. The van der Waals surface area contributed by atoms with Crippen molar-refractivity contribution in [1.29, 1.82) is 0 Å². The molecular formula is C20H20N4O2. The van der Waals surface area contributed by atoms with E-state index in [0.29, 0.717) is 16.5 Å². The number of hydrogen-bond acceptors (Lipinski definition) is 2. The van der Waals surface area contributed by atoms with Gasteiger partial charge in [0.1, 0.15) is 0 Å². The van der Waals surface area contributed by atoms with Crippen LogP contribution in [-0.4, -0.2) is 16.4 Å². The second-order valence-corrected chi connectivity index (χ2v) is 6.38. The van der Waals surface area contributed by atoms with E-state index in [-0.39, 0.29) is 17.1 Å². The zero-order valence-corrected chi connectivity index (χ0v) is 14.9. The number of pyridine rings is 1. The van der Waals surface area contributed by atoms with Gasteiger partial charge in [-0.05, 0) is 50.1 Å². The van der Waals surface area contributed by atoms with Crippen LogP contribution in [0, 0.1) is 20.8 Å². The molecule has 6 heteroatoms. The first kappa shape index (κ1) is 17.4. The van der Waals surface area contributed by atoms with Gasteiger partial charge in [0, 0.05) is 22.7 Å². The quantitative estimate of drug-likeness (QED) is 0.548. The predicted molar refractivity (Wildman–Crippen MR) is 104 cm³/mol. The van der Waals surface area contributed by atoms with Crippen molar-refractivity contribution in [1.82, 2.24) is 4.57 Å². The molecule has 2 aromatic carbocycles. The molecular weight excluding hydrogens is 328 g/mol. The largest absolute Gasteiger partial charge is 0.370 e. The maximum atomic E-state index is 13.0. The molecule has 0 saturated carbocycles. The van der Waals surface area contributed by atoms with Gasteiger partial charge in [0.15, 0.2) is 5.96 Å². The van der Waals surface area contributed by atoms with Crippen molar-refractivity contribution < 1.29 is 4.79 Å². The van der Waals surface area contributed by atoms with E-state index in [9.17, 15) is 9.59 Å². The summed E-state index contributed by atoms with van der Waals surface area (Å²) in [6, 6.07) is 11.0. The molecule has 132 valence electrons. The SMILES string of the molecule is Cc1ccc2c(=O)n(-c3ccc(C)c(C)c3)cc(C(=O)N=C(N)N)c2c1. The van der Waals surface area contributed by atoms with Gasteiger partial charge >= 0.3 is 0 Å². The van der Waals surface area contributed by atoms with Crippen LogP contribution >= 0.6 is 0 Å². The number of aromatic nitrogens is 1. The molecule has 0 radical (unpaired) electrons. The Labute approximate surface area is 150 Å². The summed E-state index contributed by atoms with van der Waals surface area (Å²) in [6.07, 6.45) is 1.50. The number of aliphatic imine (C=N–C) groups is 1. The van der Waals surface area contributed by atoms with Gasteiger partial charge in [0.25, 0.3) is 11.5 Å². The van der Waals surface area contributed by atoms with Gasteiger partial charge in [0.2, 0.25) is 0 Å². The highest BCUT2D eigenvalue weighted by atomic mass is 16.1. The average molecular weight is 348 g/mol. The smallest absolute Gasteiger partial charge is 0.282 e. The highest BCUT2D eigenvalue weighted by Gasteiger charge is 2.16. The fourth-order valence-electron chi connectivity index (χ4n) is 2.87. The molecule has 3 rings (SSSR count).